The van der Waals surface area contributed by atoms with E-state index in [4.69, 9.17) is 11.6 Å². The van der Waals surface area contributed by atoms with Crippen LogP contribution in [0.4, 0.5) is 17.8 Å². The molecule has 2 N–H and O–H groups in total. The van der Waals surface area contributed by atoms with E-state index < -0.39 is 0 Å². The van der Waals surface area contributed by atoms with Gasteiger partial charge < -0.3 is 15.5 Å². The zero-order chi connectivity index (χ0) is 19.9. The minimum Gasteiger partial charge on any atom is -0.352 e. The van der Waals surface area contributed by atoms with Crippen LogP contribution in [0.2, 0.25) is 5.02 Å². The molecule has 0 amide bonds. The summed E-state index contributed by atoms with van der Waals surface area (Å²) >= 11 is 6.09. The van der Waals surface area contributed by atoms with Crippen LogP contribution in [-0.2, 0) is 6.54 Å². The van der Waals surface area contributed by atoms with Gasteiger partial charge in [0.05, 0.1) is 0 Å². The maximum Gasteiger partial charge on any atom is 0.231 e. The summed E-state index contributed by atoms with van der Waals surface area (Å²) in [6.07, 6.45) is 4.64. The van der Waals surface area contributed by atoms with Crippen molar-refractivity contribution in [3.8, 4) is 0 Å². The topological polar surface area (TPSA) is 66.0 Å². The molecule has 1 aromatic carbocycles. The fraction of sp³-hybridized carbons (Fsp3) is 0.571. The number of hydrogen-bond donors (Lipinski definition) is 2. The van der Waals surface area contributed by atoms with Crippen LogP contribution in [0.3, 0.4) is 0 Å². The Labute approximate surface area is 173 Å². The Hall–Kier alpha value is -2.08. The standard InChI is InChI=1S/C21H31ClN6/c1-15(2)9-10-16(3)24-20-25-19(23-14-17-7-6-8-18(22)13-17)26-21(27-20)28-11-4-5-12-28/h6-8,13,15-16H,4-5,9-12,14H2,1-3H3,(H2,23,24,25,26,27). The van der Waals surface area contributed by atoms with Crippen LogP contribution in [0.5, 0.6) is 0 Å². The summed E-state index contributed by atoms with van der Waals surface area (Å²) in [7, 11) is 0. The van der Waals surface area contributed by atoms with E-state index in [1.54, 1.807) is 0 Å². The van der Waals surface area contributed by atoms with Crippen molar-refractivity contribution in [1.29, 1.82) is 0 Å². The molecule has 152 valence electrons. The van der Waals surface area contributed by atoms with Crippen LogP contribution in [0.25, 0.3) is 0 Å². The molecule has 0 bridgehead atoms. The fourth-order valence-electron chi connectivity index (χ4n) is 3.27. The third-order valence-electron chi connectivity index (χ3n) is 4.90. The van der Waals surface area contributed by atoms with Crippen molar-refractivity contribution < 1.29 is 0 Å². The molecule has 0 radical (unpaired) electrons. The lowest BCUT2D eigenvalue weighted by atomic mass is 10.0. The Kier molecular flexibility index (Phi) is 7.31. The van der Waals surface area contributed by atoms with Crippen molar-refractivity contribution >= 4 is 29.4 Å². The summed E-state index contributed by atoms with van der Waals surface area (Å²) < 4.78 is 0. The highest BCUT2D eigenvalue weighted by Gasteiger charge is 2.18. The molecular weight excluding hydrogens is 372 g/mol. The van der Waals surface area contributed by atoms with Gasteiger partial charge in [0.15, 0.2) is 0 Å². The molecule has 1 aromatic heterocycles. The van der Waals surface area contributed by atoms with E-state index in [2.05, 4.69) is 51.3 Å². The zero-order valence-corrected chi connectivity index (χ0v) is 17.8. The third-order valence-corrected chi connectivity index (χ3v) is 5.14. The SMILES string of the molecule is CC(C)CCC(C)Nc1nc(NCc2cccc(Cl)c2)nc(N2CCCC2)n1. The molecule has 1 fully saturated rings. The summed E-state index contributed by atoms with van der Waals surface area (Å²) in [5, 5.41) is 7.52. The summed E-state index contributed by atoms with van der Waals surface area (Å²) in [4.78, 5) is 16.2. The number of rotatable bonds is 9. The van der Waals surface area contributed by atoms with Gasteiger partial charge in [0, 0.05) is 30.7 Å². The number of nitrogens with one attached hydrogen (secondary N) is 2. The number of nitrogens with zero attached hydrogens (tertiary/aromatic N) is 4. The molecule has 1 unspecified atom stereocenters. The first-order chi connectivity index (χ1) is 13.5. The number of halogens is 1. The number of anilines is 3. The Bertz CT molecular complexity index is 760. The zero-order valence-electron chi connectivity index (χ0n) is 17.1. The number of aromatic nitrogens is 3. The average molecular weight is 403 g/mol. The van der Waals surface area contributed by atoms with Gasteiger partial charge in [0.25, 0.3) is 0 Å². The molecule has 1 aliphatic heterocycles. The van der Waals surface area contributed by atoms with Gasteiger partial charge >= 0.3 is 0 Å². The molecule has 3 rings (SSSR count). The largest absolute Gasteiger partial charge is 0.352 e. The highest BCUT2D eigenvalue weighted by atomic mass is 35.5. The van der Waals surface area contributed by atoms with E-state index in [1.807, 2.05) is 24.3 Å². The second-order valence-corrected chi connectivity index (χ2v) is 8.41. The summed E-state index contributed by atoms with van der Waals surface area (Å²) in [6.45, 7) is 9.30. The van der Waals surface area contributed by atoms with Crippen LogP contribution in [0.1, 0.15) is 52.0 Å². The maximum absolute atomic E-state index is 6.09. The molecule has 0 spiro atoms. The maximum atomic E-state index is 6.09. The minimum atomic E-state index is 0.317. The van der Waals surface area contributed by atoms with Crippen molar-refractivity contribution in [2.24, 2.45) is 5.92 Å². The number of hydrogen-bond acceptors (Lipinski definition) is 6. The summed E-state index contributed by atoms with van der Waals surface area (Å²) in [5.74, 6) is 2.68. The van der Waals surface area contributed by atoms with E-state index >= 15 is 0 Å². The number of benzene rings is 1. The first-order valence-electron chi connectivity index (χ1n) is 10.3. The van der Waals surface area contributed by atoms with Crippen LogP contribution in [0, 0.1) is 5.92 Å². The monoisotopic (exact) mass is 402 g/mol. The molecule has 1 saturated heterocycles. The lowest BCUT2D eigenvalue weighted by Gasteiger charge is -2.19. The van der Waals surface area contributed by atoms with Crippen molar-refractivity contribution in [3.05, 3.63) is 34.9 Å². The molecular formula is C21H31ClN6. The third kappa shape index (κ3) is 6.23. The molecule has 0 aliphatic carbocycles. The molecule has 6 nitrogen and oxygen atoms in total. The summed E-state index contributed by atoms with van der Waals surface area (Å²) in [5.41, 5.74) is 1.09. The van der Waals surface area contributed by atoms with E-state index in [9.17, 15) is 0 Å². The molecule has 1 aliphatic rings. The molecule has 28 heavy (non-hydrogen) atoms. The van der Waals surface area contributed by atoms with E-state index in [0.717, 1.165) is 36.0 Å². The van der Waals surface area contributed by atoms with Gasteiger partial charge in [-0.15, -0.1) is 0 Å². The van der Waals surface area contributed by atoms with Gasteiger partial charge in [-0.25, -0.2) is 0 Å². The van der Waals surface area contributed by atoms with Gasteiger partial charge in [-0.1, -0.05) is 37.6 Å². The summed E-state index contributed by atoms with van der Waals surface area (Å²) in [6, 6.07) is 8.13. The quantitative estimate of drug-likeness (QED) is 0.617. The van der Waals surface area contributed by atoms with Crippen molar-refractivity contribution in [2.75, 3.05) is 28.6 Å². The van der Waals surface area contributed by atoms with Crippen molar-refractivity contribution in [3.63, 3.8) is 0 Å². The highest BCUT2D eigenvalue weighted by molar-refractivity contribution is 6.30. The lowest BCUT2D eigenvalue weighted by molar-refractivity contribution is 0.526. The Morgan fingerprint density at radius 1 is 1.04 bits per heavy atom. The van der Waals surface area contributed by atoms with Gasteiger partial charge in [0.2, 0.25) is 17.8 Å². The van der Waals surface area contributed by atoms with Crippen LogP contribution < -0.4 is 15.5 Å². The first-order valence-corrected chi connectivity index (χ1v) is 10.6. The van der Waals surface area contributed by atoms with Crippen molar-refractivity contribution in [1.82, 2.24) is 15.0 Å². The smallest absolute Gasteiger partial charge is 0.231 e. The van der Waals surface area contributed by atoms with Gasteiger partial charge in [-0.3, -0.25) is 0 Å². The Balaban J connectivity index is 1.73. The predicted octanol–water partition coefficient (Wildman–Crippen LogP) is 4.97. The normalized spacial score (nSPS) is 15.1. The molecule has 1 atom stereocenters. The second kappa shape index (κ2) is 9.92. The molecule has 0 saturated carbocycles. The molecule has 2 heterocycles. The second-order valence-electron chi connectivity index (χ2n) is 7.98. The Morgan fingerprint density at radius 3 is 2.50 bits per heavy atom. The fourth-order valence-corrected chi connectivity index (χ4v) is 3.48. The van der Waals surface area contributed by atoms with Gasteiger partial charge in [-0.05, 0) is 56.2 Å². The minimum absolute atomic E-state index is 0.317. The molecule has 7 heteroatoms. The van der Waals surface area contributed by atoms with E-state index in [1.165, 1.54) is 19.3 Å². The molecule has 2 aromatic rings. The predicted molar refractivity (Wildman–Crippen MR) is 117 cm³/mol. The van der Waals surface area contributed by atoms with E-state index in [0.29, 0.717) is 30.4 Å². The van der Waals surface area contributed by atoms with E-state index in [-0.39, 0.29) is 0 Å². The first kappa shape index (κ1) is 20.6. The van der Waals surface area contributed by atoms with Gasteiger partial charge in [0.1, 0.15) is 0 Å². The van der Waals surface area contributed by atoms with Gasteiger partial charge in [-0.2, -0.15) is 15.0 Å². The van der Waals surface area contributed by atoms with Crippen LogP contribution in [0.15, 0.2) is 24.3 Å². The Morgan fingerprint density at radius 2 is 1.79 bits per heavy atom. The lowest BCUT2D eigenvalue weighted by Crippen LogP contribution is -2.24. The average Bonchev–Trinajstić information content (AvgIpc) is 3.19. The van der Waals surface area contributed by atoms with Crippen LogP contribution in [-0.4, -0.2) is 34.1 Å². The highest BCUT2D eigenvalue weighted by Crippen LogP contribution is 2.20. The van der Waals surface area contributed by atoms with Crippen molar-refractivity contribution in [2.45, 2.75) is 59.0 Å². The van der Waals surface area contributed by atoms with Crippen LogP contribution >= 0.6 is 11.6 Å².